The van der Waals surface area contributed by atoms with Gasteiger partial charge in [0.15, 0.2) is 0 Å². The summed E-state index contributed by atoms with van der Waals surface area (Å²) >= 11 is 0. The fourth-order valence-corrected chi connectivity index (χ4v) is 2.66. The Balaban J connectivity index is 2.13. The summed E-state index contributed by atoms with van der Waals surface area (Å²) in [7, 11) is 0. The Bertz CT molecular complexity index is 268. The number of carbonyl (C=O) groups excluding carboxylic acids is 1. The van der Waals surface area contributed by atoms with Crippen LogP contribution in [0, 0.1) is 11.8 Å². The monoisotopic (exact) mass is 269 g/mol. The van der Waals surface area contributed by atoms with Gasteiger partial charge in [0.1, 0.15) is 0 Å². The van der Waals surface area contributed by atoms with Crippen molar-refractivity contribution in [2.24, 2.45) is 17.6 Å². The lowest BCUT2D eigenvalue weighted by atomic mass is 10.0. The van der Waals surface area contributed by atoms with Crippen molar-refractivity contribution in [1.82, 2.24) is 10.2 Å². The second kappa shape index (κ2) is 8.54. The zero-order valence-corrected chi connectivity index (χ0v) is 12.8. The van der Waals surface area contributed by atoms with Crippen molar-refractivity contribution < 1.29 is 4.79 Å². The van der Waals surface area contributed by atoms with Crippen LogP contribution in [0.5, 0.6) is 0 Å². The molecule has 0 aromatic rings. The van der Waals surface area contributed by atoms with Crippen LogP contribution in [0.4, 0.5) is 0 Å². The molecule has 0 aromatic carbocycles. The van der Waals surface area contributed by atoms with E-state index in [4.69, 9.17) is 5.73 Å². The van der Waals surface area contributed by atoms with Crippen LogP contribution in [0.3, 0.4) is 0 Å². The molecular formula is C15H31N3O. The second-order valence-corrected chi connectivity index (χ2v) is 6.10. The van der Waals surface area contributed by atoms with Crippen LogP contribution in [0.1, 0.15) is 46.5 Å². The number of amides is 1. The standard InChI is InChI=1S/C15H31N3O/c1-4-18-9-8-14(11-18)10-17-15(19)12(2)6-5-7-13(3)16/h12-14H,4-11,16H2,1-3H3,(H,17,19). The van der Waals surface area contributed by atoms with Gasteiger partial charge in [-0.25, -0.2) is 0 Å². The van der Waals surface area contributed by atoms with Gasteiger partial charge in [-0.2, -0.15) is 0 Å². The molecule has 1 aliphatic heterocycles. The normalized spacial score (nSPS) is 23.3. The lowest BCUT2D eigenvalue weighted by molar-refractivity contribution is -0.124. The van der Waals surface area contributed by atoms with E-state index >= 15 is 0 Å². The molecule has 1 saturated heterocycles. The molecule has 0 radical (unpaired) electrons. The van der Waals surface area contributed by atoms with Gasteiger partial charge in [-0.1, -0.05) is 20.3 Å². The van der Waals surface area contributed by atoms with E-state index < -0.39 is 0 Å². The number of nitrogens with zero attached hydrogens (tertiary/aromatic N) is 1. The smallest absolute Gasteiger partial charge is 0.222 e. The number of nitrogens with two attached hydrogens (primary N) is 1. The Kier molecular flexibility index (Phi) is 7.39. The number of hydrogen-bond donors (Lipinski definition) is 2. The van der Waals surface area contributed by atoms with Gasteiger partial charge in [0.25, 0.3) is 0 Å². The van der Waals surface area contributed by atoms with E-state index in [1.165, 1.54) is 13.0 Å². The van der Waals surface area contributed by atoms with Crippen LogP contribution in [0.2, 0.25) is 0 Å². The van der Waals surface area contributed by atoms with E-state index in [1.807, 2.05) is 13.8 Å². The van der Waals surface area contributed by atoms with Crippen LogP contribution < -0.4 is 11.1 Å². The molecule has 4 nitrogen and oxygen atoms in total. The molecular weight excluding hydrogens is 238 g/mol. The van der Waals surface area contributed by atoms with E-state index in [2.05, 4.69) is 17.1 Å². The Morgan fingerprint density at radius 3 is 2.74 bits per heavy atom. The zero-order chi connectivity index (χ0) is 14.3. The van der Waals surface area contributed by atoms with Crippen molar-refractivity contribution in [1.29, 1.82) is 0 Å². The molecule has 0 saturated carbocycles. The quantitative estimate of drug-likeness (QED) is 0.703. The summed E-state index contributed by atoms with van der Waals surface area (Å²) in [6, 6.07) is 0.244. The van der Waals surface area contributed by atoms with Crippen molar-refractivity contribution in [3.63, 3.8) is 0 Å². The summed E-state index contributed by atoms with van der Waals surface area (Å²) in [4.78, 5) is 14.4. The minimum atomic E-state index is 0.113. The summed E-state index contributed by atoms with van der Waals surface area (Å²) in [6.45, 7) is 10.5. The largest absolute Gasteiger partial charge is 0.356 e. The summed E-state index contributed by atoms with van der Waals surface area (Å²) in [5.74, 6) is 0.960. The Hall–Kier alpha value is -0.610. The third-order valence-corrected chi connectivity index (χ3v) is 4.13. The molecule has 1 fully saturated rings. The predicted molar refractivity (Wildman–Crippen MR) is 79.9 cm³/mol. The minimum Gasteiger partial charge on any atom is -0.356 e. The van der Waals surface area contributed by atoms with Crippen molar-refractivity contribution in [2.45, 2.75) is 52.5 Å². The number of rotatable bonds is 8. The Labute approximate surface area is 118 Å². The zero-order valence-electron chi connectivity index (χ0n) is 12.8. The first-order valence-corrected chi connectivity index (χ1v) is 7.78. The van der Waals surface area contributed by atoms with Crippen molar-refractivity contribution in [3.8, 4) is 0 Å². The predicted octanol–water partition coefficient (Wildman–Crippen LogP) is 1.60. The molecule has 3 unspecified atom stereocenters. The van der Waals surface area contributed by atoms with E-state index in [1.54, 1.807) is 0 Å². The number of carbonyl (C=O) groups is 1. The minimum absolute atomic E-state index is 0.113. The van der Waals surface area contributed by atoms with E-state index in [0.717, 1.165) is 38.9 Å². The highest BCUT2D eigenvalue weighted by Gasteiger charge is 2.22. The molecule has 3 atom stereocenters. The third kappa shape index (κ3) is 6.39. The first kappa shape index (κ1) is 16.4. The molecule has 3 N–H and O–H groups in total. The van der Waals surface area contributed by atoms with Gasteiger partial charge in [0.05, 0.1) is 0 Å². The van der Waals surface area contributed by atoms with Gasteiger partial charge in [-0.15, -0.1) is 0 Å². The highest BCUT2D eigenvalue weighted by Crippen LogP contribution is 2.15. The van der Waals surface area contributed by atoms with Gasteiger partial charge < -0.3 is 16.0 Å². The van der Waals surface area contributed by atoms with E-state index in [0.29, 0.717) is 5.92 Å². The fraction of sp³-hybridized carbons (Fsp3) is 0.933. The lowest BCUT2D eigenvalue weighted by Crippen LogP contribution is -2.34. The summed E-state index contributed by atoms with van der Waals surface area (Å²) < 4.78 is 0. The molecule has 1 amide bonds. The highest BCUT2D eigenvalue weighted by atomic mass is 16.1. The first-order chi connectivity index (χ1) is 9.02. The number of likely N-dealkylation sites (tertiary alicyclic amines) is 1. The van der Waals surface area contributed by atoms with Crippen LogP contribution in [0.15, 0.2) is 0 Å². The van der Waals surface area contributed by atoms with Crippen molar-refractivity contribution in [2.75, 3.05) is 26.2 Å². The topological polar surface area (TPSA) is 58.4 Å². The van der Waals surface area contributed by atoms with Crippen LogP contribution >= 0.6 is 0 Å². The Morgan fingerprint density at radius 1 is 1.42 bits per heavy atom. The molecule has 1 heterocycles. The van der Waals surface area contributed by atoms with Gasteiger partial charge >= 0.3 is 0 Å². The molecule has 0 bridgehead atoms. The molecule has 0 spiro atoms. The van der Waals surface area contributed by atoms with Gasteiger partial charge in [0, 0.05) is 25.0 Å². The SMILES string of the molecule is CCN1CCC(CNC(=O)C(C)CCCC(C)N)C1. The molecule has 4 heteroatoms. The average Bonchev–Trinajstić information content (AvgIpc) is 2.83. The fourth-order valence-electron chi connectivity index (χ4n) is 2.66. The third-order valence-electron chi connectivity index (χ3n) is 4.13. The summed E-state index contributed by atoms with van der Waals surface area (Å²) in [6.07, 6.45) is 4.21. The maximum atomic E-state index is 12.0. The maximum absolute atomic E-state index is 12.0. The molecule has 0 aliphatic carbocycles. The van der Waals surface area contributed by atoms with Crippen LogP contribution in [0.25, 0.3) is 0 Å². The van der Waals surface area contributed by atoms with E-state index in [9.17, 15) is 4.79 Å². The first-order valence-electron chi connectivity index (χ1n) is 7.78. The van der Waals surface area contributed by atoms with Gasteiger partial charge in [0.2, 0.25) is 5.91 Å². The molecule has 1 rings (SSSR count). The lowest BCUT2D eigenvalue weighted by Gasteiger charge is -2.16. The van der Waals surface area contributed by atoms with Crippen LogP contribution in [-0.2, 0) is 4.79 Å². The van der Waals surface area contributed by atoms with Crippen molar-refractivity contribution in [3.05, 3.63) is 0 Å². The van der Waals surface area contributed by atoms with Gasteiger partial charge in [-0.3, -0.25) is 4.79 Å². The molecule has 19 heavy (non-hydrogen) atoms. The summed E-state index contributed by atoms with van der Waals surface area (Å²) in [5, 5.41) is 3.11. The molecule has 0 aromatic heterocycles. The number of nitrogens with one attached hydrogen (secondary N) is 1. The summed E-state index contributed by atoms with van der Waals surface area (Å²) in [5.41, 5.74) is 5.72. The highest BCUT2D eigenvalue weighted by molar-refractivity contribution is 5.78. The number of hydrogen-bond acceptors (Lipinski definition) is 3. The maximum Gasteiger partial charge on any atom is 0.222 e. The molecule has 112 valence electrons. The second-order valence-electron chi connectivity index (χ2n) is 6.10. The van der Waals surface area contributed by atoms with E-state index in [-0.39, 0.29) is 17.9 Å². The Morgan fingerprint density at radius 2 is 2.16 bits per heavy atom. The van der Waals surface area contributed by atoms with Gasteiger partial charge in [-0.05, 0) is 45.2 Å². The molecule has 1 aliphatic rings. The van der Waals surface area contributed by atoms with Crippen LogP contribution in [-0.4, -0.2) is 43.0 Å². The van der Waals surface area contributed by atoms with Crippen molar-refractivity contribution >= 4 is 5.91 Å². The average molecular weight is 269 g/mol.